The zero-order chi connectivity index (χ0) is 18.0. The van der Waals surface area contributed by atoms with E-state index in [9.17, 15) is 4.79 Å². The number of hydrogen-bond acceptors (Lipinski definition) is 5. The van der Waals surface area contributed by atoms with Crippen molar-refractivity contribution in [2.45, 2.75) is 19.9 Å². The van der Waals surface area contributed by atoms with Crippen LogP contribution in [0.1, 0.15) is 34.7 Å². The molecule has 3 rings (SSSR count). The number of aryl methyl sites for hydroxylation is 1. The summed E-state index contributed by atoms with van der Waals surface area (Å²) in [5, 5.41) is 9.78. The number of nitrogens with one attached hydrogen (secondary N) is 1. The number of carbonyl (C=O) groups excluding carboxylic acids is 1. The van der Waals surface area contributed by atoms with Gasteiger partial charge in [0.15, 0.2) is 0 Å². The van der Waals surface area contributed by atoms with Crippen molar-refractivity contribution in [3.05, 3.63) is 52.8 Å². The second-order valence-corrected chi connectivity index (χ2v) is 6.63. The monoisotopic (exact) mass is 356 g/mol. The second-order valence-electron chi connectivity index (χ2n) is 5.77. The highest BCUT2D eigenvalue weighted by molar-refractivity contribution is 7.13. The quantitative estimate of drug-likeness (QED) is 0.761. The van der Waals surface area contributed by atoms with Gasteiger partial charge in [-0.1, -0.05) is 0 Å². The van der Waals surface area contributed by atoms with Gasteiger partial charge in [0.2, 0.25) is 0 Å². The Hall–Kier alpha value is -2.67. The van der Waals surface area contributed by atoms with Gasteiger partial charge in [-0.3, -0.25) is 9.48 Å². The van der Waals surface area contributed by atoms with E-state index in [1.54, 1.807) is 23.4 Å². The SMILES string of the molecule is COc1ccc(-c2nc(C(=O)N[C@H](C)c3cnn(C)c3C)cs2)cc1. The Kier molecular flexibility index (Phi) is 4.85. The van der Waals surface area contributed by atoms with E-state index >= 15 is 0 Å². The molecule has 0 radical (unpaired) electrons. The van der Waals surface area contributed by atoms with E-state index < -0.39 is 0 Å². The number of rotatable bonds is 5. The van der Waals surface area contributed by atoms with E-state index in [4.69, 9.17) is 4.74 Å². The molecule has 0 aliphatic carbocycles. The van der Waals surface area contributed by atoms with E-state index in [-0.39, 0.29) is 11.9 Å². The summed E-state index contributed by atoms with van der Waals surface area (Å²) in [6, 6.07) is 7.49. The van der Waals surface area contributed by atoms with Crippen molar-refractivity contribution in [1.82, 2.24) is 20.1 Å². The molecule has 1 atom stereocenters. The van der Waals surface area contributed by atoms with E-state index in [2.05, 4.69) is 15.4 Å². The maximum atomic E-state index is 12.5. The molecule has 1 amide bonds. The first-order valence-corrected chi connectivity index (χ1v) is 8.77. The molecule has 2 heterocycles. The molecule has 0 saturated heterocycles. The van der Waals surface area contributed by atoms with Crippen LogP contribution in [0.15, 0.2) is 35.8 Å². The Morgan fingerprint density at radius 1 is 1.32 bits per heavy atom. The fourth-order valence-corrected chi connectivity index (χ4v) is 3.34. The zero-order valence-corrected chi connectivity index (χ0v) is 15.4. The Morgan fingerprint density at radius 2 is 2.04 bits per heavy atom. The minimum absolute atomic E-state index is 0.132. The summed E-state index contributed by atoms with van der Waals surface area (Å²) in [7, 11) is 3.51. The fraction of sp³-hybridized carbons (Fsp3) is 0.278. The number of nitrogens with zero attached hydrogens (tertiary/aromatic N) is 3. The standard InChI is InChI=1S/C18H20N4O2S/c1-11(15-9-19-22(3)12(15)2)20-17(23)16-10-25-18(21-16)13-5-7-14(24-4)8-6-13/h5-11H,1-4H3,(H,20,23)/t11-/m1/s1. The topological polar surface area (TPSA) is 69.0 Å². The number of benzene rings is 1. The van der Waals surface area contributed by atoms with Crippen LogP contribution in [0.2, 0.25) is 0 Å². The smallest absolute Gasteiger partial charge is 0.271 e. The maximum absolute atomic E-state index is 12.5. The second kappa shape index (κ2) is 7.06. The Labute approximate surface area is 150 Å². The molecule has 25 heavy (non-hydrogen) atoms. The van der Waals surface area contributed by atoms with Gasteiger partial charge in [-0.2, -0.15) is 5.10 Å². The summed E-state index contributed by atoms with van der Waals surface area (Å²) in [5.41, 5.74) is 3.41. The highest BCUT2D eigenvalue weighted by atomic mass is 32.1. The number of amides is 1. The molecule has 7 heteroatoms. The van der Waals surface area contributed by atoms with Gasteiger partial charge in [-0.15, -0.1) is 11.3 Å². The van der Waals surface area contributed by atoms with Gasteiger partial charge in [0.1, 0.15) is 16.5 Å². The number of thiazole rings is 1. The average molecular weight is 356 g/mol. The normalized spacial score (nSPS) is 12.0. The number of carbonyl (C=O) groups is 1. The average Bonchev–Trinajstić information content (AvgIpc) is 3.23. The van der Waals surface area contributed by atoms with Crippen LogP contribution in [0.25, 0.3) is 10.6 Å². The molecule has 3 aromatic rings. The highest BCUT2D eigenvalue weighted by Gasteiger charge is 2.18. The number of hydrogen-bond donors (Lipinski definition) is 1. The van der Waals surface area contributed by atoms with Gasteiger partial charge in [0.05, 0.1) is 19.3 Å². The number of aromatic nitrogens is 3. The third-order valence-electron chi connectivity index (χ3n) is 4.16. The number of ether oxygens (including phenoxy) is 1. The van der Waals surface area contributed by atoms with Gasteiger partial charge in [-0.05, 0) is 38.1 Å². The predicted molar refractivity (Wildman–Crippen MR) is 97.9 cm³/mol. The molecule has 0 spiro atoms. The molecule has 1 aromatic carbocycles. The molecular formula is C18H20N4O2S. The lowest BCUT2D eigenvalue weighted by atomic mass is 10.1. The summed E-state index contributed by atoms with van der Waals surface area (Å²) in [4.78, 5) is 16.9. The van der Waals surface area contributed by atoms with Gasteiger partial charge in [-0.25, -0.2) is 4.98 Å². The van der Waals surface area contributed by atoms with Crippen molar-refractivity contribution in [2.24, 2.45) is 7.05 Å². The van der Waals surface area contributed by atoms with Gasteiger partial charge < -0.3 is 10.1 Å². The van der Waals surface area contributed by atoms with Crippen LogP contribution in [0.3, 0.4) is 0 Å². The van der Waals surface area contributed by atoms with Crippen molar-refractivity contribution in [2.75, 3.05) is 7.11 Å². The van der Waals surface area contributed by atoms with Crippen molar-refractivity contribution < 1.29 is 9.53 Å². The summed E-state index contributed by atoms with van der Waals surface area (Å²) >= 11 is 1.45. The van der Waals surface area contributed by atoms with Gasteiger partial charge in [0, 0.05) is 29.2 Å². The van der Waals surface area contributed by atoms with Crippen molar-refractivity contribution in [3.8, 4) is 16.3 Å². The Balaban J connectivity index is 1.72. The van der Waals surface area contributed by atoms with Crippen molar-refractivity contribution in [3.63, 3.8) is 0 Å². The lowest BCUT2D eigenvalue weighted by Crippen LogP contribution is -2.27. The lowest BCUT2D eigenvalue weighted by molar-refractivity contribution is 0.0935. The van der Waals surface area contributed by atoms with E-state index in [1.807, 2.05) is 45.2 Å². The minimum Gasteiger partial charge on any atom is -0.497 e. The maximum Gasteiger partial charge on any atom is 0.271 e. The van der Waals surface area contributed by atoms with Crippen molar-refractivity contribution >= 4 is 17.2 Å². The van der Waals surface area contributed by atoms with Crippen LogP contribution in [0.5, 0.6) is 5.75 Å². The van der Waals surface area contributed by atoms with Gasteiger partial charge >= 0.3 is 0 Å². The molecule has 0 fully saturated rings. The summed E-state index contributed by atoms with van der Waals surface area (Å²) in [6.45, 7) is 3.92. The molecule has 0 aliphatic rings. The van der Waals surface area contributed by atoms with Crippen molar-refractivity contribution in [1.29, 1.82) is 0 Å². The molecule has 6 nitrogen and oxygen atoms in total. The first-order valence-electron chi connectivity index (χ1n) is 7.89. The van der Waals surface area contributed by atoms with E-state index in [1.165, 1.54) is 11.3 Å². The Morgan fingerprint density at radius 3 is 2.64 bits per heavy atom. The van der Waals surface area contributed by atoms with Crippen LogP contribution < -0.4 is 10.1 Å². The molecule has 0 aliphatic heterocycles. The lowest BCUT2D eigenvalue weighted by Gasteiger charge is -2.12. The summed E-state index contributed by atoms with van der Waals surface area (Å²) in [6.07, 6.45) is 1.78. The minimum atomic E-state index is -0.188. The first kappa shape index (κ1) is 17.2. The largest absolute Gasteiger partial charge is 0.497 e. The predicted octanol–water partition coefficient (Wildman–Crippen LogP) is 3.35. The molecule has 2 aromatic heterocycles. The molecule has 0 unspecified atom stereocenters. The molecule has 1 N–H and O–H groups in total. The van der Waals surface area contributed by atoms with Crippen LogP contribution in [0.4, 0.5) is 0 Å². The van der Waals surface area contributed by atoms with Gasteiger partial charge in [0.25, 0.3) is 5.91 Å². The molecular weight excluding hydrogens is 336 g/mol. The first-order chi connectivity index (χ1) is 12.0. The van der Waals surface area contributed by atoms with E-state index in [0.717, 1.165) is 27.6 Å². The summed E-state index contributed by atoms with van der Waals surface area (Å²) in [5.74, 6) is 0.603. The third kappa shape index (κ3) is 3.56. The van der Waals surface area contributed by atoms with Crippen LogP contribution in [-0.4, -0.2) is 27.8 Å². The summed E-state index contributed by atoms with van der Waals surface area (Å²) < 4.78 is 6.95. The van der Waals surface area contributed by atoms with Crippen LogP contribution in [-0.2, 0) is 7.05 Å². The molecule has 0 bridgehead atoms. The highest BCUT2D eigenvalue weighted by Crippen LogP contribution is 2.26. The third-order valence-corrected chi connectivity index (χ3v) is 5.05. The van der Waals surface area contributed by atoms with E-state index in [0.29, 0.717) is 5.69 Å². The zero-order valence-electron chi connectivity index (χ0n) is 14.6. The molecule has 0 saturated carbocycles. The fourth-order valence-electron chi connectivity index (χ4n) is 2.53. The number of methoxy groups -OCH3 is 1. The van der Waals surface area contributed by atoms with Crippen LogP contribution >= 0.6 is 11.3 Å². The Bertz CT molecular complexity index is 883. The molecule has 130 valence electrons. The van der Waals surface area contributed by atoms with Crippen LogP contribution in [0, 0.1) is 6.92 Å².